The predicted molar refractivity (Wildman–Crippen MR) is 123 cm³/mol. The Morgan fingerprint density at radius 1 is 1.29 bits per heavy atom. The number of carbonyl (C=O) groups excluding carboxylic acids is 1. The van der Waals surface area contributed by atoms with Crippen LogP contribution in [0.3, 0.4) is 0 Å². The van der Waals surface area contributed by atoms with E-state index in [0.717, 1.165) is 17.1 Å². The number of rotatable bonds is 5. The minimum absolute atomic E-state index is 0.275. The van der Waals surface area contributed by atoms with Gasteiger partial charge >= 0.3 is 0 Å². The molecule has 0 bridgehead atoms. The molecule has 3 aromatic rings. The molecule has 0 aliphatic carbocycles. The van der Waals surface area contributed by atoms with E-state index in [1.165, 1.54) is 17.5 Å². The summed E-state index contributed by atoms with van der Waals surface area (Å²) < 4.78 is 0. The number of hydrogen-bond donors (Lipinski definition) is 2. The van der Waals surface area contributed by atoms with Crippen LogP contribution in [-0.4, -0.2) is 45.2 Å². The van der Waals surface area contributed by atoms with Gasteiger partial charge in [0.2, 0.25) is 0 Å². The quantitative estimate of drug-likeness (QED) is 0.599. The zero-order valence-corrected chi connectivity index (χ0v) is 18.8. The molecular formula is C21H23ClN6O2S. The fourth-order valence-electron chi connectivity index (χ4n) is 3.60. The van der Waals surface area contributed by atoms with E-state index < -0.39 is 5.91 Å². The molecule has 162 valence electrons. The number of aliphatic hydroxyl groups is 1. The summed E-state index contributed by atoms with van der Waals surface area (Å²) >= 11 is 7.78. The molecule has 8 nitrogen and oxygen atoms in total. The van der Waals surface area contributed by atoms with Crippen LogP contribution in [0.5, 0.6) is 0 Å². The van der Waals surface area contributed by atoms with Crippen LogP contribution < -0.4 is 15.5 Å². The van der Waals surface area contributed by atoms with Gasteiger partial charge in [-0.3, -0.25) is 9.69 Å². The zero-order chi connectivity index (χ0) is 22.1. The number of halogens is 1. The van der Waals surface area contributed by atoms with Gasteiger partial charge < -0.3 is 15.7 Å². The second kappa shape index (κ2) is 8.78. The molecule has 1 aliphatic heterocycles. The number of carbonyl (C=O) groups is 1. The zero-order valence-electron chi connectivity index (χ0n) is 17.2. The molecular weight excluding hydrogens is 436 g/mol. The number of nitrogens with two attached hydrogens (primary N) is 1. The molecule has 0 atom stereocenters. The lowest BCUT2D eigenvalue weighted by Gasteiger charge is -2.31. The molecule has 0 unspecified atom stereocenters. The molecule has 1 aliphatic rings. The molecule has 0 radical (unpaired) electrons. The summed E-state index contributed by atoms with van der Waals surface area (Å²) in [6.07, 6.45) is 2.58. The van der Waals surface area contributed by atoms with E-state index >= 15 is 0 Å². The monoisotopic (exact) mass is 458 g/mol. The van der Waals surface area contributed by atoms with Crippen LogP contribution in [0.15, 0.2) is 30.5 Å². The highest BCUT2D eigenvalue weighted by Gasteiger charge is 2.25. The second-order valence-electron chi connectivity index (χ2n) is 7.46. The first-order valence-electron chi connectivity index (χ1n) is 9.93. The number of piperidine rings is 1. The Kier molecular flexibility index (Phi) is 6.08. The van der Waals surface area contributed by atoms with Gasteiger partial charge in [-0.05, 0) is 38.3 Å². The van der Waals surface area contributed by atoms with Crippen molar-refractivity contribution in [3.63, 3.8) is 0 Å². The van der Waals surface area contributed by atoms with Crippen LogP contribution in [0, 0.1) is 13.8 Å². The van der Waals surface area contributed by atoms with Crippen LogP contribution in [0.2, 0.25) is 5.02 Å². The minimum atomic E-state index is -0.536. The first kappa shape index (κ1) is 21.5. The van der Waals surface area contributed by atoms with Crippen LogP contribution >= 0.6 is 22.9 Å². The summed E-state index contributed by atoms with van der Waals surface area (Å²) in [6, 6.07) is 7.53. The van der Waals surface area contributed by atoms with E-state index in [1.54, 1.807) is 6.07 Å². The average Bonchev–Trinajstić information content (AvgIpc) is 3.21. The number of primary amides is 1. The molecule has 0 saturated carbocycles. The molecule has 3 N–H and O–H groups in total. The van der Waals surface area contributed by atoms with Gasteiger partial charge in [0, 0.05) is 19.2 Å². The molecule has 10 heteroatoms. The Bertz CT molecular complexity index is 1090. The van der Waals surface area contributed by atoms with E-state index in [0.29, 0.717) is 52.6 Å². The number of nitrogens with zero attached hydrogens (tertiary/aromatic N) is 5. The van der Waals surface area contributed by atoms with Gasteiger partial charge in [-0.15, -0.1) is 0 Å². The van der Waals surface area contributed by atoms with E-state index in [9.17, 15) is 9.90 Å². The molecule has 4 rings (SSSR count). The van der Waals surface area contributed by atoms with E-state index in [-0.39, 0.29) is 6.10 Å². The summed E-state index contributed by atoms with van der Waals surface area (Å²) in [6.45, 7) is 5.22. The molecule has 31 heavy (non-hydrogen) atoms. The van der Waals surface area contributed by atoms with Crippen molar-refractivity contribution >= 4 is 51.3 Å². The molecule has 0 spiro atoms. The maximum atomic E-state index is 11.7. The normalized spacial score (nSPS) is 14.6. The fraction of sp³-hybridized carbons (Fsp3) is 0.333. The summed E-state index contributed by atoms with van der Waals surface area (Å²) in [5.74, 6) is 1.43. The lowest BCUT2D eigenvalue weighted by molar-refractivity contribution is 0.100. The van der Waals surface area contributed by atoms with Crippen LogP contribution in [0.4, 0.5) is 22.5 Å². The number of benzene rings is 1. The third kappa shape index (κ3) is 4.48. The minimum Gasteiger partial charge on any atom is -0.393 e. The van der Waals surface area contributed by atoms with Gasteiger partial charge in [0.05, 0.1) is 23.0 Å². The maximum Gasteiger partial charge on any atom is 0.260 e. The summed E-state index contributed by atoms with van der Waals surface area (Å²) in [4.78, 5) is 29.7. The lowest BCUT2D eigenvalue weighted by atomic mass is 10.1. The number of para-hydroxylation sites is 1. The Labute approximate surface area is 189 Å². The van der Waals surface area contributed by atoms with Gasteiger partial charge in [-0.25, -0.2) is 15.0 Å². The largest absolute Gasteiger partial charge is 0.393 e. The third-order valence-electron chi connectivity index (χ3n) is 5.17. The SMILES string of the molecule is Cc1nc(N2CCC(O)CC2)cc(N(c2ncc(C(N)=O)s2)c2c(C)cccc2Cl)n1. The number of aliphatic hydroxyl groups excluding tert-OH is 1. The predicted octanol–water partition coefficient (Wildman–Crippen LogP) is 3.73. The average molecular weight is 459 g/mol. The number of amides is 1. The van der Waals surface area contributed by atoms with Crippen molar-refractivity contribution in [3.8, 4) is 0 Å². The smallest absolute Gasteiger partial charge is 0.260 e. The van der Waals surface area contributed by atoms with Crippen LogP contribution in [0.1, 0.15) is 33.9 Å². The van der Waals surface area contributed by atoms with E-state index in [2.05, 4.69) is 19.9 Å². The van der Waals surface area contributed by atoms with Crippen molar-refractivity contribution in [1.82, 2.24) is 15.0 Å². The lowest BCUT2D eigenvalue weighted by Crippen LogP contribution is -2.36. The highest BCUT2D eigenvalue weighted by Crippen LogP contribution is 2.42. The summed E-state index contributed by atoms with van der Waals surface area (Å²) in [5.41, 5.74) is 7.12. The Morgan fingerprint density at radius 3 is 2.68 bits per heavy atom. The Balaban J connectivity index is 1.84. The summed E-state index contributed by atoms with van der Waals surface area (Å²) in [7, 11) is 0. The standard InChI is InChI=1S/C21H23ClN6O2S/c1-12-4-3-5-15(22)19(12)28(21-24-11-16(31-21)20(23)30)18-10-17(25-13(2)26-18)27-8-6-14(29)7-9-27/h3-5,10-11,14,29H,6-9H2,1-2H3,(H2,23,30). The van der Waals surface area contributed by atoms with E-state index in [4.69, 9.17) is 17.3 Å². The number of aromatic nitrogens is 3. The van der Waals surface area contributed by atoms with Gasteiger partial charge in [-0.1, -0.05) is 35.1 Å². The first-order chi connectivity index (χ1) is 14.8. The van der Waals surface area contributed by atoms with Crippen molar-refractivity contribution < 1.29 is 9.90 Å². The van der Waals surface area contributed by atoms with Gasteiger partial charge in [0.1, 0.15) is 22.3 Å². The summed E-state index contributed by atoms with van der Waals surface area (Å²) in [5, 5.41) is 10.9. The highest BCUT2D eigenvalue weighted by atomic mass is 35.5. The molecule has 3 heterocycles. The van der Waals surface area contributed by atoms with Crippen molar-refractivity contribution in [2.75, 3.05) is 22.9 Å². The van der Waals surface area contributed by atoms with Crippen molar-refractivity contribution in [1.29, 1.82) is 0 Å². The Morgan fingerprint density at radius 2 is 2.03 bits per heavy atom. The third-order valence-corrected chi connectivity index (χ3v) is 6.47. The van der Waals surface area contributed by atoms with Gasteiger partial charge in [0.25, 0.3) is 5.91 Å². The number of aryl methyl sites for hydroxylation is 2. The van der Waals surface area contributed by atoms with Crippen LogP contribution in [0.25, 0.3) is 0 Å². The molecule has 1 aromatic carbocycles. The van der Waals surface area contributed by atoms with Crippen LogP contribution in [-0.2, 0) is 0 Å². The van der Waals surface area contributed by atoms with Gasteiger partial charge in [-0.2, -0.15) is 0 Å². The molecule has 2 aromatic heterocycles. The van der Waals surface area contributed by atoms with Crippen molar-refractivity contribution in [2.24, 2.45) is 5.73 Å². The molecule has 1 amide bonds. The second-order valence-corrected chi connectivity index (χ2v) is 8.88. The van der Waals surface area contributed by atoms with E-state index in [1.807, 2.05) is 36.9 Å². The number of anilines is 4. The first-order valence-corrected chi connectivity index (χ1v) is 11.1. The Hall–Kier alpha value is -2.75. The topological polar surface area (TPSA) is 108 Å². The number of hydrogen-bond acceptors (Lipinski definition) is 8. The molecule has 1 fully saturated rings. The fourth-order valence-corrected chi connectivity index (χ4v) is 4.70. The highest BCUT2D eigenvalue weighted by molar-refractivity contribution is 7.17. The van der Waals surface area contributed by atoms with Crippen molar-refractivity contribution in [2.45, 2.75) is 32.8 Å². The molecule has 1 saturated heterocycles. The number of thiazole rings is 1. The van der Waals surface area contributed by atoms with Crippen molar-refractivity contribution in [3.05, 3.63) is 51.7 Å². The van der Waals surface area contributed by atoms with Gasteiger partial charge in [0.15, 0.2) is 5.13 Å². The maximum absolute atomic E-state index is 11.7.